The molecule has 3 N–H and O–H groups in total. The first-order valence-corrected chi connectivity index (χ1v) is 4.19. The van der Waals surface area contributed by atoms with Crippen LogP contribution in [0.25, 0.3) is 0 Å². The molecule has 6 nitrogen and oxygen atoms in total. The Hall–Kier alpha value is -1.43. The number of aromatic nitrogens is 3. The number of hydrogen-bond donors (Lipinski definition) is 3. The Labute approximate surface area is 76.1 Å². The zero-order valence-corrected chi connectivity index (χ0v) is 7.50. The van der Waals surface area contributed by atoms with Gasteiger partial charge in [-0.15, -0.1) is 0 Å². The molecular weight excluding hydrogens is 170 g/mol. The first kappa shape index (κ1) is 9.66. The number of hydrogen-bond acceptors (Lipinski definition) is 4. The largest absolute Gasteiger partial charge is 0.348 e. The van der Waals surface area contributed by atoms with Crippen LogP contribution in [0.2, 0.25) is 0 Å². The van der Waals surface area contributed by atoms with E-state index >= 15 is 0 Å². The molecule has 1 rings (SSSR count). The highest BCUT2D eigenvalue weighted by Gasteiger charge is 2.05. The molecule has 0 aliphatic heterocycles. The number of nitrogens with one attached hydrogen (secondary N) is 3. The van der Waals surface area contributed by atoms with Gasteiger partial charge in [0.25, 0.3) is 5.91 Å². The maximum absolute atomic E-state index is 11.2. The number of H-pyrrole nitrogens is 1. The lowest BCUT2D eigenvalue weighted by atomic mass is 10.5. The molecule has 0 radical (unpaired) electrons. The average Bonchev–Trinajstić information content (AvgIpc) is 2.65. The van der Waals surface area contributed by atoms with Gasteiger partial charge in [0.1, 0.15) is 6.33 Å². The van der Waals surface area contributed by atoms with Crippen LogP contribution in [0.1, 0.15) is 17.5 Å². The normalized spacial score (nSPS) is 9.92. The lowest BCUT2D eigenvalue weighted by Crippen LogP contribution is -2.32. The average molecular weight is 183 g/mol. The molecule has 0 unspecified atom stereocenters. The van der Waals surface area contributed by atoms with Crippen molar-refractivity contribution in [1.29, 1.82) is 0 Å². The van der Waals surface area contributed by atoms with Crippen LogP contribution in [0.15, 0.2) is 6.33 Å². The third-order valence-corrected chi connectivity index (χ3v) is 1.47. The van der Waals surface area contributed by atoms with Gasteiger partial charge in [-0.1, -0.05) is 6.92 Å². The number of amides is 1. The Morgan fingerprint density at radius 1 is 1.62 bits per heavy atom. The molecule has 6 heteroatoms. The zero-order valence-electron chi connectivity index (χ0n) is 7.50. The summed E-state index contributed by atoms with van der Waals surface area (Å²) in [6, 6.07) is 0. The summed E-state index contributed by atoms with van der Waals surface area (Å²) in [7, 11) is 0. The summed E-state index contributed by atoms with van der Waals surface area (Å²) in [5.41, 5.74) is 0. The van der Waals surface area contributed by atoms with Crippen LogP contribution in [-0.2, 0) is 0 Å². The van der Waals surface area contributed by atoms with Gasteiger partial charge in [-0.25, -0.2) is 4.98 Å². The molecule has 72 valence electrons. The number of carbonyl (C=O) groups is 1. The van der Waals surface area contributed by atoms with Gasteiger partial charge in [-0.3, -0.25) is 9.89 Å². The van der Waals surface area contributed by atoms with E-state index in [2.05, 4.69) is 25.8 Å². The minimum Gasteiger partial charge on any atom is -0.348 e. The Morgan fingerprint density at radius 3 is 3.08 bits per heavy atom. The minimum absolute atomic E-state index is 0.226. The quantitative estimate of drug-likeness (QED) is 0.519. The third kappa shape index (κ3) is 3.20. The fraction of sp³-hybridized carbons (Fsp3) is 0.571. The van der Waals surface area contributed by atoms with E-state index < -0.39 is 0 Å². The standard InChI is InChI=1S/C7H13N5O/c1-2-8-3-4-9-7(13)6-10-5-11-12-6/h5,8H,2-4H2,1H3,(H,9,13)(H,10,11,12). The van der Waals surface area contributed by atoms with Gasteiger partial charge in [0.15, 0.2) is 0 Å². The monoisotopic (exact) mass is 183 g/mol. The third-order valence-electron chi connectivity index (χ3n) is 1.47. The summed E-state index contributed by atoms with van der Waals surface area (Å²) >= 11 is 0. The Morgan fingerprint density at radius 2 is 2.46 bits per heavy atom. The second-order valence-corrected chi connectivity index (χ2v) is 2.44. The van der Waals surface area contributed by atoms with Crippen molar-refractivity contribution in [2.75, 3.05) is 19.6 Å². The maximum Gasteiger partial charge on any atom is 0.288 e. The topological polar surface area (TPSA) is 82.7 Å². The van der Waals surface area contributed by atoms with E-state index in [0.29, 0.717) is 6.54 Å². The molecule has 0 saturated heterocycles. The zero-order chi connectivity index (χ0) is 9.52. The number of nitrogens with zero attached hydrogens (tertiary/aromatic N) is 2. The van der Waals surface area contributed by atoms with E-state index in [0.717, 1.165) is 13.1 Å². The van der Waals surface area contributed by atoms with Crippen LogP contribution in [0, 0.1) is 0 Å². The summed E-state index contributed by atoms with van der Waals surface area (Å²) in [6.07, 6.45) is 1.30. The molecule has 1 heterocycles. The van der Waals surface area contributed by atoms with E-state index in [1.54, 1.807) is 0 Å². The van der Waals surface area contributed by atoms with Crippen molar-refractivity contribution >= 4 is 5.91 Å². The van der Waals surface area contributed by atoms with E-state index in [1.165, 1.54) is 6.33 Å². The van der Waals surface area contributed by atoms with Crippen molar-refractivity contribution in [3.63, 3.8) is 0 Å². The molecular formula is C7H13N5O. The molecule has 1 aromatic rings. The van der Waals surface area contributed by atoms with E-state index in [1.807, 2.05) is 6.92 Å². The fourth-order valence-corrected chi connectivity index (χ4v) is 0.840. The smallest absolute Gasteiger partial charge is 0.288 e. The minimum atomic E-state index is -0.226. The predicted molar refractivity (Wildman–Crippen MR) is 47.3 cm³/mol. The Balaban J connectivity index is 2.19. The predicted octanol–water partition coefficient (Wildman–Crippen LogP) is -0.856. The SMILES string of the molecule is CCNCCNC(=O)c1ncn[nH]1. The van der Waals surface area contributed by atoms with Gasteiger partial charge in [0, 0.05) is 13.1 Å². The van der Waals surface area contributed by atoms with Crippen LogP contribution in [0.3, 0.4) is 0 Å². The molecule has 1 amide bonds. The lowest BCUT2D eigenvalue weighted by molar-refractivity contribution is 0.0944. The number of rotatable bonds is 5. The van der Waals surface area contributed by atoms with E-state index in [9.17, 15) is 4.79 Å². The molecule has 13 heavy (non-hydrogen) atoms. The summed E-state index contributed by atoms with van der Waals surface area (Å²) < 4.78 is 0. The van der Waals surface area contributed by atoms with Gasteiger partial charge in [0.2, 0.25) is 5.82 Å². The van der Waals surface area contributed by atoms with E-state index in [-0.39, 0.29) is 11.7 Å². The first-order chi connectivity index (χ1) is 6.34. The molecule has 0 aliphatic carbocycles. The molecule has 0 aliphatic rings. The molecule has 0 aromatic carbocycles. The molecule has 0 bridgehead atoms. The van der Waals surface area contributed by atoms with Crippen LogP contribution in [0.5, 0.6) is 0 Å². The maximum atomic E-state index is 11.2. The first-order valence-electron chi connectivity index (χ1n) is 4.19. The van der Waals surface area contributed by atoms with Gasteiger partial charge < -0.3 is 10.6 Å². The summed E-state index contributed by atoms with van der Waals surface area (Å²) in [5.74, 6) is 0.0203. The lowest BCUT2D eigenvalue weighted by Gasteiger charge is -2.02. The van der Waals surface area contributed by atoms with Crippen molar-refractivity contribution in [3.05, 3.63) is 12.2 Å². The molecule has 0 fully saturated rings. The van der Waals surface area contributed by atoms with Gasteiger partial charge >= 0.3 is 0 Å². The van der Waals surface area contributed by atoms with Crippen LogP contribution < -0.4 is 10.6 Å². The van der Waals surface area contributed by atoms with Crippen molar-refractivity contribution in [1.82, 2.24) is 25.8 Å². The Kier molecular flexibility index (Phi) is 3.90. The summed E-state index contributed by atoms with van der Waals surface area (Å²) in [6.45, 7) is 4.26. The fourth-order valence-electron chi connectivity index (χ4n) is 0.840. The van der Waals surface area contributed by atoms with E-state index in [4.69, 9.17) is 0 Å². The van der Waals surface area contributed by atoms with Crippen LogP contribution in [0.4, 0.5) is 0 Å². The second kappa shape index (κ2) is 5.26. The molecule has 0 spiro atoms. The van der Waals surface area contributed by atoms with Crippen molar-refractivity contribution in [3.8, 4) is 0 Å². The van der Waals surface area contributed by atoms with Gasteiger partial charge in [-0.2, -0.15) is 5.10 Å². The highest BCUT2D eigenvalue weighted by Crippen LogP contribution is 1.83. The van der Waals surface area contributed by atoms with Crippen molar-refractivity contribution < 1.29 is 4.79 Å². The molecule has 0 saturated carbocycles. The second-order valence-electron chi connectivity index (χ2n) is 2.44. The van der Waals surface area contributed by atoms with Crippen molar-refractivity contribution in [2.45, 2.75) is 6.92 Å². The van der Waals surface area contributed by atoms with Gasteiger partial charge in [0.05, 0.1) is 0 Å². The number of likely N-dealkylation sites (N-methyl/N-ethyl adjacent to an activating group) is 1. The number of aromatic amines is 1. The van der Waals surface area contributed by atoms with Crippen LogP contribution in [-0.4, -0.2) is 40.7 Å². The summed E-state index contributed by atoms with van der Waals surface area (Å²) in [4.78, 5) is 14.9. The molecule has 0 atom stereocenters. The van der Waals surface area contributed by atoms with Crippen LogP contribution >= 0.6 is 0 Å². The molecule has 1 aromatic heterocycles. The van der Waals surface area contributed by atoms with Crippen molar-refractivity contribution in [2.24, 2.45) is 0 Å². The van der Waals surface area contributed by atoms with Gasteiger partial charge in [-0.05, 0) is 6.54 Å². The number of carbonyl (C=O) groups excluding carboxylic acids is 1. The highest BCUT2D eigenvalue weighted by molar-refractivity contribution is 5.90. The Bertz CT molecular complexity index is 245. The summed E-state index contributed by atoms with van der Waals surface area (Å²) in [5, 5.41) is 11.8. The highest BCUT2D eigenvalue weighted by atomic mass is 16.2.